The molecule has 0 aromatic carbocycles. The molecule has 0 unspecified atom stereocenters. The van der Waals surface area contributed by atoms with Crippen molar-refractivity contribution in [2.24, 2.45) is 12.8 Å². The number of carbonyl (C=O) groups is 1. The molecule has 2 heterocycles. The second-order valence-corrected chi connectivity index (χ2v) is 6.94. The maximum Gasteiger partial charge on any atom is 0.252 e. The number of nitrogens with one attached hydrogen (secondary N) is 2. The van der Waals surface area contributed by atoms with Crippen molar-refractivity contribution in [3.63, 3.8) is 0 Å². The predicted octanol–water partition coefficient (Wildman–Crippen LogP) is 1.76. The van der Waals surface area contributed by atoms with E-state index >= 15 is 0 Å². The zero-order valence-electron chi connectivity index (χ0n) is 15.9. The van der Waals surface area contributed by atoms with Crippen LogP contribution in [0.2, 0.25) is 0 Å². The number of nitrogens with zero attached hydrogens (tertiary/aromatic N) is 4. The van der Waals surface area contributed by atoms with Gasteiger partial charge in [-0.05, 0) is 26.0 Å². The normalized spacial score (nSPS) is 19.7. The van der Waals surface area contributed by atoms with Crippen LogP contribution in [0, 0.1) is 5.82 Å². The molecule has 2 aromatic rings. The Labute approximate surface area is 157 Å². The van der Waals surface area contributed by atoms with Gasteiger partial charge in [-0.3, -0.25) is 9.48 Å². The highest BCUT2D eigenvalue weighted by molar-refractivity contribution is 5.98. The summed E-state index contributed by atoms with van der Waals surface area (Å²) < 4.78 is 16.4. The van der Waals surface area contributed by atoms with Gasteiger partial charge in [0.15, 0.2) is 11.6 Å². The van der Waals surface area contributed by atoms with Gasteiger partial charge in [0.1, 0.15) is 5.82 Å². The lowest BCUT2D eigenvalue weighted by molar-refractivity contribution is 0.100. The molecule has 2 atom stereocenters. The zero-order chi connectivity index (χ0) is 19.6. The highest BCUT2D eigenvalue weighted by atomic mass is 19.1. The van der Waals surface area contributed by atoms with Crippen molar-refractivity contribution in [3.05, 3.63) is 29.8 Å². The fourth-order valence-corrected chi connectivity index (χ4v) is 3.70. The van der Waals surface area contributed by atoms with E-state index in [9.17, 15) is 9.18 Å². The van der Waals surface area contributed by atoms with Crippen molar-refractivity contribution in [1.29, 1.82) is 0 Å². The highest BCUT2D eigenvalue weighted by Crippen LogP contribution is 2.30. The summed E-state index contributed by atoms with van der Waals surface area (Å²) in [6, 6.07) is 1.53. The number of anilines is 3. The molecule has 9 heteroatoms. The van der Waals surface area contributed by atoms with Crippen molar-refractivity contribution in [2.75, 3.05) is 24.3 Å². The van der Waals surface area contributed by atoms with Crippen LogP contribution in [0.4, 0.5) is 21.7 Å². The standard InChI is InChI=1S/C18H26FN7O/c1-21-14-6-4-5-7-15(14)26(3)18-13(19)8-12(16(20)27)17(24-18)23-11-9-22-25(2)10-11/h8-10,14-15,21H,4-7H2,1-3H3,(H2,20,27)(H,23,24)/t14-,15+/m0/s1. The van der Waals surface area contributed by atoms with Gasteiger partial charge in [-0.25, -0.2) is 9.37 Å². The van der Waals surface area contributed by atoms with Crippen molar-refractivity contribution in [3.8, 4) is 0 Å². The van der Waals surface area contributed by atoms with Crippen LogP contribution in [0.3, 0.4) is 0 Å². The highest BCUT2D eigenvalue weighted by Gasteiger charge is 2.30. The van der Waals surface area contributed by atoms with Gasteiger partial charge in [-0.1, -0.05) is 12.8 Å². The average Bonchev–Trinajstić information content (AvgIpc) is 3.06. The maximum absolute atomic E-state index is 14.8. The minimum atomic E-state index is -0.743. The molecule has 1 fully saturated rings. The molecule has 3 rings (SSSR count). The molecule has 1 saturated carbocycles. The fraction of sp³-hybridized carbons (Fsp3) is 0.500. The Kier molecular flexibility index (Phi) is 5.59. The third-order valence-electron chi connectivity index (χ3n) is 5.12. The van der Waals surface area contributed by atoms with Crippen LogP contribution in [0.15, 0.2) is 18.5 Å². The van der Waals surface area contributed by atoms with E-state index in [1.54, 1.807) is 24.1 Å². The lowest BCUT2D eigenvalue weighted by Gasteiger charge is -2.38. The molecule has 1 amide bonds. The van der Waals surface area contributed by atoms with Gasteiger partial charge in [-0.2, -0.15) is 5.10 Å². The van der Waals surface area contributed by atoms with Crippen LogP contribution < -0.4 is 21.3 Å². The van der Waals surface area contributed by atoms with Crippen molar-refractivity contribution in [1.82, 2.24) is 20.1 Å². The third-order valence-corrected chi connectivity index (χ3v) is 5.12. The quantitative estimate of drug-likeness (QED) is 0.711. The van der Waals surface area contributed by atoms with Crippen LogP contribution >= 0.6 is 0 Å². The number of carbonyl (C=O) groups excluding carboxylic acids is 1. The van der Waals surface area contributed by atoms with Gasteiger partial charge in [-0.15, -0.1) is 0 Å². The first-order chi connectivity index (χ1) is 12.9. The van der Waals surface area contributed by atoms with Gasteiger partial charge in [0.25, 0.3) is 5.91 Å². The minimum absolute atomic E-state index is 0.00214. The summed E-state index contributed by atoms with van der Waals surface area (Å²) in [4.78, 5) is 18.1. The minimum Gasteiger partial charge on any atom is -0.365 e. The molecule has 0 saturated heterocycles. The number of hydrogen-bond acceptors (Lipinski definition) is 6. The summed E-state index contributed by atoms with van der Waals surface area (Å²) in [7, 11) is 5.54. The third kappa shape index (κ3) is 4.02. The number of aryl methyl sites for hydroxylation is 1. The molecule has 27 heavy (non-hydrogen) atoms. The number of aromatic nitrogens is 3. The van der Waals surface area contributed by atoms with Crippen LogP contribution in [-0.4, -0.2) is 46.9 Å². The van der Waals surface area contributed by atoms with Crippen molar-refractivity contribution in [2.45, 2.75) is 37.8 Å². The Morgan fingerprint density at radius 2 is 2.15 bits per heavy atom. The average molecular weight is 375 g/mol. The summed E-state index contributed by atoms with van der Waals surface area (Å²) in [5, 5.41) is 10.4. The Balaban J connectivity index is 1.97. The summed E-state index contributed by atoms with van der Waals surface area (Å²) in [6.07, 6.45) is 7.56. The van der Waals surface area contributed by atoms with Gasteiger partial charge in [0.2, 0.25) is 0 Å². The van der Waals surface area contributed by atoms with Gasteiger partial charge in [0, 0.05) is 32.4 Å². The van der Waals surface area contributed by atoms with Crippen LogP contribution in [0.5, 0.6) is 0 Å². The monoisotopic (exact) mass is 375 g/mol. The lowest BCUT2D eigenvalue weighted by Crippen LogP contribution is -2.50. The zero-order valence-corrected chi connectivity index (χ0v) is 15.9. The summed E-state index contributed by atoms with van der Waals surface area (Å²) >= 11 is 0. The molecule has 0 radical (unpaired) electrons. The summed E-state index contributed by atoms with van der Waals surface area (Å²) in [6.45, 7) is 0. The van der Waals surface area contributed by atoms with E-state index in [4.69, 9.17) is 5.73 Å². The first-order valence-corrected chi connectivity index (χ1v) is 9.06. The van der Waals surface area contributed by atoms with Gasteiger partial charge in [0.05, 0.1) is 17.4 Å². The fourth-order valence-electron chi connectivity index (χ4n) is 3.70. The molecule has 1 aliphatic rings. The van der Waals surface area contributed by atoms with E-state index in [0.29, 0.717) is 5.69 Å². The molecule has 0 spiro atoms. The molecule has 146 valence electrons. The molecule has 2 aromatic heterocycles. The molecular weight excluding hydrogens is 349 g/mol. The second-order valence-electron chi connectivity index (χ2n) is 6.94. The maximum atomic E-state index is 14.8. The van der Waals surface area contributed by atoms with E-state index in [0.717, 1.165) is 31.7 Å². The smallest absolute Gasteiger partial charge is 0.252 e. The SMILES string of the molecule is CN[C@H]1CCCC[C@H]1N(C)c1nc(Nc2cnn(C)c2)c(C(N)=O)cc1F. The molecule has 0 bridgehead atoms. The van der Waals surface area contributed by atoms with Gasteiger partial charge < -0.3 is 21.3 Å². The Morgan fingerprint density at radius 3 is 2.78 bits per heavy atom. The Bertz CT molecular complexity index is 822. The number of halogens is 1. The number of amides is 1. The van der Waals surface area contributed by atoms with E-state index in [1.807, 2.05) is 19.0 Å². The van der Waals surface area contributed by atoms with Crippen LogP contribution in [0.25, 0.3) is 0 Å². The molecule has 1 aliphatic carbocycles. The summed E-state index contributed by atoms with van der Waals surface area (Å²) in [5.41, 5.74) is 6.06. The Morgan fingerprint density at radius 1 is 1.41 bits per heavy atom. The molecule has 0 aliphatic heterocycles. The molecular formula is C18H26FN7O. The van der Waals surface area contributed by atoms with Gasteiger partial charge >= 0.3 is 0 Å². The number of likely N-dealkylation sites (N-methyl/N-ethyl adjacent to an activating group) is 2. The van der Waals surface area contributed by atoms with Crippen molar-refractivity contribution >= 4 is 23.2 Å². The second kappa shape index (κ2) is 7.91. The van der Waals surface area contributed by atoms with Crippen LogP contribution in [-0.2, 0) is 7.05 Å². The number of nitrogens with two attached hydrogens (primary N) is 1. The summed E-state index contributed by atoms with van der Waals surface area (Å²) in [5.74, 6) is -0.898. The van der Waals surface area contributed by atoms with E-state index < -0.39 is 11.7 Å². The molecule has 8 nitrogen and oxygen atoms in total. The number of primary amides is 1. The van der Waals surface area contributed by atoms with E-state index in [2.05, 4.69) is 20.7 Å². The largest absolute Gasteiger partial charge is 0.365 e. The first-order valence-electron chi connectivity index (χ1n) is 9.06. The van der Waals surface area contributed by atoms with Crippen molar-refractivity contribution < 1.29 is 9.18 Å². The van der Waals surface area contributed by atoms with E-state index in [1.165, 1.54) is 0 Å². The molecule has 4 N–H and O–H groups in total. The Hall–Kier alpha value is -2.68. The predicted molar refractivity (Wildman–Crippen MR) is 103 cm³/mol. The van der Waals surface area contributed by atoms with E-state index in [-0.39, 0.29) is 29.3 Å². The lowest BCUT2D eigenvalue weighted by atomic mass is 9.89. The number of hydrogen-bond donors (Lipinski definition) is 3. The number of pyridine rings is 1. The van der Waals surface area contributed by atoms with Crippen LogP contribution in [0.1, 0.15) is 36.0 Å². The topological polar surface area (TPSA) is 101 Å². The number of rotatable bonds is 6. The first kappa shape index (κ1) is 19.1.